The average molecular weight is 256 g/mol. The summed E-state index contributed by atoms with van der Waals surface area (Å²) in [4.78, 5) is 46.0. The molecule has 1 unspecified atom stereocenters. The summed E-state index contributed by atoms with van der Waals surface area (Å²) in [5, 5.41) is 10.8. The first-order valence-electron chi connectivity index (χ1n) is 5.45. The molecule has 0 spiro atoms. The molecule has 1 aliphatic rings. The van der Waals surface area contributed by atoms with E-state index >= 15 is 0 Å². The molecule has 18 heavy (non-hydrogen) atoms. The number of aliphatic hydroxyl groups is 1. The Bertz CT molecular complexity index is 366. The van der Waals surface area contributed by atoms with Gasteiger partial charge in [0, 0.05) is 19.4 Å². The summed E-state index contributed by atoms with van der Waals surface area (Å²) in [6.45, 7) is -0.244. The van der Waals surface area contributed by atoms with Gasteiger partial charge in [0.2, 0.25) is 17.7 Å². The normalized spacial score (nSPS) is 16.8. The van der Waals surface area contributed by atoms with Gasteiger partial charge in [0.25, 0.3) is 5.91 Å². The first kappa shape index (κ1) is 14.1. The molecule has 0 aromatic rings. The zero-order chi connectivity index (χ0) is 13.7. The van der Waals surface area contributed by atoms with Crippen molar-refractivity contribution < 1.29 is 24.3 Å². The number of rotatable bonds is 6. The number of aliphatic hydroxyl groups excluding tert-OH is 1. The maximum Gasteiger partial charge on any atom is 0.262 e. The first-order chi connectivity index (χ1) is 8.47. The molecular weight excluding hydrogens is 242 g/mol. The molecule has 0 aromatic carbocycles. The molecular formula is C10H14N3O5. The minimum Gasteiger partial charge on any atom is -0.395 e. The summed E-state index contributed by atoms with van der Waals surface area (Å²) >= 11 is 0. The predicted molar refractivity (Wildman–Crippen MR) is 57.7 cm³/mol. The fourth-order valence-electron chi connectivity index (χ4n) is 1.69. The highest BCUT2D eigenvalue weighted by atomic mass is 16.3. The predicted octanol–water partition coefficient (Wildman–Crippen LogP) is -2.19. The highest BCUT2D eigenvalue weighted by Gasteiger charge is 2.39. The van der Waals surface area contributed by atoms with E-state index in [4.69, 9.17) is 10.8 Å². The summed E-state index contributed by atoms with van der Waals surface area (Å²) in [5.74, 6) is -2.83. The van der Waals surface area contributed by atoms with Crippen LogP contribution in [0.25, 0.3) is 0 Å². The lowest BCUT2D eigenvalue weighted by Crippen LogP contribution is -2.47. The van der Waals surface area contributed by atoms with Crippen LogP contribution < -0.4 is 11.1 Å². The van der Waals surface area contributed by atoms with Gasteiger partial charge in [-0.15, -0.1) is 0 Å². The summed E-state index contributed by atoms with van der Waals surface area (Å²) in [6, 6.07) is -1.37. The van der Waals surface area contributed by atoms with Crippen molar-refractivity contribution in [3.8, 4) is 0 Å². The molecule has 1 rings (SSSR count). The summed E-state index contributed by atoms with van der Waals surface area (Å²) in [6.07, 6.45) is -0.443. The summed E-state index contributed by atoms with van der Waals surface area (Å²) in [5.41, 5.74) is 7.04. The third-order valence-corrected chi connectivity index (χ3v) is 2.52. The number of likely N-dealkylation sites (tertiary alicyclic amines) is 1. The lowest BCUT2D eigenvalue weighted by Gasteiger charge is -2.22. The van der Waals surface area contributed by atoms with Gasteiger partial charge < -0.3 is 10.4 Å². The van der Waals surface area contributed by atoms with Gasteiger partial charge in [-0.05, 0) is 0 Å². The second-order valence-electron chi connectivity index (χ2n) is 3.82. The molecule has 1 saturated heterocycles. The molecule has 0 bridgehead atoms. The molecule has 0 aliphatic carbocycles. The molecule has 1 radical (unpaired) electrons. The molecule has 0 aromatic heterocycles. The van der Waals surface area contributed by atoms with E-state index in [0.717, 1.165) is 0 Å². The second kappa shape index (κ2) is 6.10. The molecule has 0 saturated carbocycles. The second-order valence-corrected chi connectivity index (χ2v) is 3.82. The molecule has 1 atom stereocenters. The molecule has 3 N–H and O–H groups in total. The summed E-state index contributed by atoms with van der Waals surface area (Å²) in [7, 11) is 0. The number of nitrogens with one attached hydrogen (secondary N) is 2. The highest BCUT2D eigenvalue weighted by molar-refractivity contribution is 6.06. The van der Waals surface area contributed by atoms with Crippen molar-refractivity contribution in [1.82, 2.24) is 16.0 Å². The zero-order valence-electron chi connectivity index (χ0n) is 9.64. The van der Waals surface area contributed by atoms with E-state index in [1.807, 2.05) is 0 Å². The van der Waals surface area contributed by atoms with Crippen LogP contribution >= 0.6 is 0 Å². The van der Waals surface area contributed by atoms with Gasteiger partial charge in [0.05, 0.1) is 13.0 Å². The number of carbonyl (C=O) groups excluding carboxylic acids is 4. The number of imide groups is 1. The van der Waals surface area contributed by atoms with Crippen LogP contribution in [0.3, 0.4) is 0 Å². The number of carbonyl (C=O) groups is 4. The maximum atomic E-state index is 11.4. The van der Waals surface area contributed by atoms with E-state index in [0.29, 0.717) is 4.90 Å². The van der Waals surface area contributed by atoms with Gasteiger partial charge >= 0.3 is 0 Å². The highest BCUT2D eigenvalue weighted by Crippen LogP contribution is 2.17. The van der Waals surface area contributed by atoms with E-state index < -0.39 is 36.1 Å². The van der Waals surface area contributed by atoms with Crippen LogP contribution in [0.5, 0.6) is 0 Å². The average Bonchev–Trinajstić information content (AvgIpc) is 2.63. The van der Waals surface area contributed by atoms with Crippen LogP contribution in [-0.2, 0) is 19.2 Å². The molecule has 4 amide bonds. The Morgan fingerprint density at radius 2 is 1.89 bits per heavy atom. The molecule has 8 nitrogen and oxygen atoms in total. The largest absolute Gasteiger partial charge is 0.395 e. The molecule has 99 valence electrons. The van der Waals surface area contributed by atoms with Gasteiger partial charge in [-0.25, -0.2) is 0 Å². The van der Waals surface area contributed by atoms with Crippen molar-refractivity contribution in [2.45, 2.75) is 25.3 Å². The Morgan fingerprint density at radius 1 is 1.33 bits per heavy atom. The quantitative estimate of drug-likeness (QED) is 0.522. The van der Waals surface area contributed by atoms with Gasteiger partial charge in [0.1, 0.15) is 6.04 Å². The number of nitrogens with zero attached hydrogens (tertiary/aromatic N) is 1. The van der Waals surface area contributed by atoms with Crippen molar-refractivity contribution in [2.75, 3.05) is 13.2 Å². The zero-order valence-corrected chi connectivity index (χ0v) is 9.64. The topological polar surface area (TPSA) is 128 Å². The number of hydrogen-bond acceptors (Lipinski definition) is 5. The van der Waals surface area contributed by atoms with Crippen LogP contribution in [0, 0.1) is 0 Å². The third kappa shape index (κ3) is 3.27. The van der Waals surface area contributed by atoms with Crippen molar-refractivity contribution in [2.24, 2.45) is 0 Å². The molecule has 1 heterocycles. The van der Waals surface area contributed by atoms with E-state index in [-0.39, 0.29) is 26.0 Å². The number of hydrogen-bond donors (Lipinski definition) is 2. The van der Waals surface area contributed by atoms with E-state index in [1.165, 1.54) is 0 Å². The minimum absolute atomic E-state index is 0.000865. The van der Waals surface area contributed by atoms with Crippen molar-refractivity contribution >= 4 is 23.6 Å². The smallest absolute Gasteiger partial charge is 0.262 e. The standard InChI is InChI=1S/C10H14N3O5/c11-10(18)6(5-7(15)12-3-4-14)13-8(16)1-2-9(13)17/h6,11,14H,1-5H2,(H,12,15). The lowest BCUT2D eigenvalue weighted by atomic mass is 10.1. The van der Waals surface area contributed by atoms with Crippen LogP contribution in [0.4, 0.5) is 0 Å². The Hall–Kier alpha value is -1.96. The van der Waals surface area contributed by atoms with Crippen LogP contribution in [0.1, 0.15) is 19.3 Å². The van der Waals surface area contributed by atoms with Gasteiger partial charge in [-0.3, -0.25) is 29.8 Å². The SMILES string of the molecule is [NH]C(=O)C(CC(=O)NCCO)N1C(=O)CCC1=O. The van der Waals surface area contributed by atoms with E-state index in [9.17, 15) is 19.2 Å². The van der Waals surface area contributed by atoms with Crippen molar-refractivity contribution in [3.05, 3.63) is 0 Å². The third-order valence-electron chi connectivity index (χ3n) is 2.52. The van der Waals surface area contributed by atoms with Crippen LogP contribution in [0.2, 0.25) is 0 Å². The Balaban J connectivity index is 2.71. The van der Waals surface area contributed by atoms with Crippen molar-refractivity contribution in [3.63, 3.8) is 0 Å². The van der Waals surface area contributed by atoms with Crippen LogP contribution in [0.15, 0.2) is 0 Å². The molecule has 8 heteroatoms. The number of amides is 4. The van der Waals surface area contributed by atoms with Crippen molar-refractivity contribution in [1.29, 1.82) is 0 Å². The Kier molecular flexibility index (Phi) is 4.78. The molecule has 1 fully saturated rings. The minimum atomic E-state index is -1.37. The Labute approximate surface area is 103 Å². The molecule has 1 aliphatic heterocycles. The monoisotopic (exact) mass is 256 g/mol. The Morgan fingerprint density at radius 3 is 2.33 bits per heavy atom. The van der Waals surface area contributed by atoms with E-state index in [2.05, 4.69) is 5.32 Å². The first-order valence-corrected chi connectivity index (χ1v) is 5.45. The fraction of sp³-hybridized carbons (Fsp3) is 0.600. The van der Waals surface area contributed by atoms with Gasteiger partial charge in [-0.1, -0.05) is 0 Å². The maximum absolute atomic E-state index is 11.4. The van der Waals surface area contributed by atoms with Crippen LogP contribution in [-0.4, -0.2) is 52.8 Å². The van der Waals surface area contributed by atoms with Gasteiger partial charge in [-0.2, -0.15) is 0 Å². The lowest BCUT2D eigenvalue weighted by molar-refractivity contribution is -0.147. The van der Waals surface area contributed by atoms with Gasteiger partial charge in [0.15, 0.2) is 0 Å². The van der Waals surface area contributed by atoms with E-state index in [1.54, 1.807) is 0 Å². The fourth-order valence-corrected chi connectivity index (χ4v) is 1.69. The summed E-state index contributed by atoms with van der Waals surface area (Å²) < 4.78 is 0.